The number of aromatic nitrogens is 5. The molecule has 2 unspecified atom stereocenters. The lowest BCUT2D eigenvalue weighted by Crippen LogP contribution is -2.44. The van der Waals surface area contributed by atoms with E-state index in [-0.39, 0.29) is 30.1 Å². The normalized spacial score (nSPS) is 22.3. The Balaban J connectivity index is 1.33. The maximum absolute atomic E-state index is 13.4. The molecule has 0 aromatic carbocycles. The van der Waals surface area contributed by atoms with Gasteiger partial charge < -0.3 is 4.90 Å². The van der Waals surface area contributed by atoms with Gasteiger partial charge in [-0.25, -0.2) is 9.50 Å². The van der Waals surface area contributed by atoms with E-state index < -0.39 is 11.9 Å². The third-order valence-corrected chi connectivity index (χ3v) is 6.88. The summed E-state index contributed by atoms with van der Waals surface area (Å²) in [5.74, 6) is -0.180. The third-order valence-electron chi connectivity index (χ3n) is 6.88. The molecule has 3 aliphatic rings. The second-order valence-electron chi connectivity index (χ2n) is 8.75. The van der Waals surface area contributed by atoms with Crippen LogP contribution in [0.1, 0.15) is 59.2 Å². The van der Waals surface area contributed by atoms with Crippen molar-refractivity contribution in [2.45, 2.75) is 70.3 Å². The molecule has 3 aromatic rings. The van der Waals surface area contributed by atoms with Crippen molar-refractivity contribution in [2.24, 2.45) is 0 Å². The summed E-state index contributed by atoms with van der Waals surface area (Å²) in [5.41, 5.74) is 3.73. The van der Waals surface area contributed by atoms with Crippen molar-refractivity contribution in [3.63, 3.8) is 0 Å². The zero-order valence-corrected chi connectivity index (χ0v) is 17.0. The molecule has 3 aromatic heterocycles. The topological polar surface area (TPSA) is 68.3 Å². The molecule has 0 radical (unpaired) electrons. The van der Waals surface area contributed by atoms with E-state index in [0.29, 0.717) is 31.4 Å². The molecule has 0 saturated carbocycles. The van der Waals surface area contributed by atoms with Crippen molar-refractivity contribution in [3.8, 4) is 0 Å². The Morgan fingerprint density at radius 1 is 1.19 bits per heavy atom. The molecule has 5 heterocycles. The molecule has 2 bridgehead atoms. The van der Waals surface area contributed by atoms with Gasteiger partial charge in [-0.15, -0.1) is 0 Å². The molecule has 1 aliphatic carbocycles. The van der Waals surface area contributed by atoms with Crippen molar-refractivity contribution < 1.29 is 18.0 Å². The maximum atomic E-state index is 13.4. The molecule has 2 atom stereocenters. The molecular formula is C21H21F3N6O. The van der Waals surface area contributed by atoms with Crippen LogP contribution >= 0.6 is 0 Å². The van der Waals surface area contributed by atoms with Crippen LogP contribution in [0.25, 0.3) is 5.65 Å². The number of aryl methyl sites for hydroxylation is 1. The summed E-state index contributed by atoms with van der Waals surface area (Å²) >= 11 is 0. The quantitative estimate of drug-likeness (QED) is 0.627. The van der Waals surface area contributed by atoms with E-state index in [1.54, 1.807) is 0 Å². The van der Waals surface area contributed by atoms with Gasteiger partial charge >= 0.3 is 6.18 Å². The number of alkyl halides is 3. The Labute approximate surface area is 175 Å². The Bertz CT molecular complexity index is 1230. The summed E-state index contributed by atoms with van der Waals surface area (Å²) in [6.45, 7) is 1.77. The van der Waals surface area contributed by atoms with E-state index in [4.69, 9.17) is 0 Å². The molecule has 1 fully saturated rings. The maximum Gasteiger partial charge on any atom is 0.435 e. The second kappa shape index (κ2) is 6.30. The molecule has 0 N–H and O–H groups in total. The first-order valence-corrected chi connectivity index (χ1v) is 10.6. The average Bonchev–Trinajstić information content (AvgIpc) is 3.44. The zero-order valence-electron chi connectivity index (χ0n) is 17.0. The number of carbonyl (C=O) groups excluding carboxylic acids is 1. The highest BCUT2D eigenvalue weighted by atomic mass is 19.4. The number of rotatable bonds is 2. The standard InChI is InChI=1S/C21H21F3N6O/c1-11-7-18-25-9-14-16-6-5-12(8-17(14)30(18)26-11)29(16)19(31)10-28-15-4-2-3-13(15)20(27-28)21(22,23)24/h7,9,12,16H,2-6,8,10H2,1H3. The van der Waals surface area contributed by atoms with E-state index in [9.17, 15) is 18.0 Å². The fraction of sp³-hybridized carbons (Fsp3) is 0.524. The van der Waals surface area contributed by atoms with E-state index >= 15 is 0 Å². The van der Waals surface area contributed by atoms with Gasteiger partial charge in [-0.3, -0.25) is 9.48 Å². The minimum absolute atomic E-state index is 0.0193. The lowest BCUT2D eigenvalue weighted by atomic mass is 9.99. The monoisotopic (exact) mass is 430 g/mol. The summed E-state index contributed by atoms with van der Waals surface area (Å²) in [7, 11) is 0. The number of hydrogen-bond donors (Lipinski definition) is 0. The number of halogens is 3. The lowest BCUT2D eigenvalue weighted by Gasteiger charge is -2.36. The van der Waals surface area contributed by atoms with Crippen LogP contribution in [0, 0.1) is 6.92 Å². The van der Waals surface area contributed by atoms with Gasteiger partial charge in [-0.2, -0.15) is 23.4 Å². The van der Waals surface area contributed by atoms with Gasteiger partial charge in [0.15, 0.2) is 11.3 Å². The Kier molecular flexibility index (Phi) is 3.83. The molecule has 10 heteroatoms. The molecule has 0 spiro atoms. The van der Waals surface area contributed by atoms with Crippen LogP contribution in [-0.4, -0.2) is 41.2 Å². The van der Waals surface area contributed by atoms with Gasteiger partial charge in [0.2, 0.25) is 5.91 Å². The molecule has 6 rings (SSSR count). The van der Waals surface area contributed by atoms with Crippen LogP contribution in [-0.2, 0) is 36.8 Å². The van der Waals surface area contributed by atoms with E-state index in [1.807, 2.05) is 28.6 Å². The molecule has 31 heavy (non-hydrogen) atoms. The predicted octanol–water partition coefficient (Wildman–Crippen LogP) is 3.03. The number of fused-ring (bicyclic) bond motifs is 7. The predicted molar refractivity (Wildman–Crippen MR) is 103 cm³/mol. The smallest absolute Gasteiger partial charge is 0.331 e. The Morgan fingerprint density at radius 3 is 2.84 bits per heavy atom. The van der Waals surface area contributed by atoms with Crippen molar-refractivity contribution >= 4 is 11.6 Å². The largest absolute Gasteiger partial charge is 0.435 e. The Morgan fingerprint density at radius 2 is 2.03 bits per heavy atom. The average molecular weight is 430 g/mol. The highest BCUT2D eigenvalue weighted by Gasteiger charge is 2.45. The van der Waals surface area contributed by atoms with Gasteiger partial charge in [0.05, 0.1) is 17.4 Å². The molecule has 1 saturated heterocycles. The van der Waals surface area contributed by atoms with Crippen molar-refractivity contribution in [1.29, 1.82) is 0 Å². The van der Waals surface area contributed by atoms with Crippen LogP contribution < -0.4 is 0 Å². The summed E-state index contributed by atoms with van der Waals surface area (Å²) in [5, 5.41) is 8.37. The fourth-order valence-electron chi connectivity index (χ4n) is 5.66. The zero-order chi connectivity index (χ0) is 21.5. The van der Waals surface area contributed by atoms with Gasteiger partial charge in [0, 0.05) is 41.5 Å². The summed E-state index contributed by atoms with van der Waals surface area (Å²) < 4.78 is 43.3. The van der Waals surface area contributed by atoms with Gasteiger partial charge in [0.1, 0.15) is 6.54 Å². The second-order valence-corrected chi connectivity index (χ2v) is 8.75. The SMILES string of the molecule is Cc1cc2ncc3c(n2n1)CC1CCC3N1C(=O)Cn1nc(C(F)(F)F)c2c1CCC2. The lowest BCUT2D eigenvalue weighted by molar-refractivity contribution is -0.143. The van der Waals surface area contributed by atoms with Gasteiger partial charge in [-0.05, 0) is 39.0 Å². The minimum Gasteiger partial charge on any atom is -0.331 e. The van der Waals surface area contributed by atoms with Crippen LogP contribution in [0.2, 0.25) is 0 Å². The first-order valence-electron chi connectivity index (χ1n) is 10.6. The molecule has 1 amide bonds. The number of amides is 1. The van der Waals surface area contributed by atoms with Crippen LogP contribution in [0.3, 0.4) is 0 Å². The molecule has 7 nitrogen and oxygen atoms in total. The summed E-state index contributed by atoms with van der Waals surface area (Å²) in [6.07, 6.45) is 1.24. The van der Waals surface area contributed by atoms with Crippen molar-refractivity contribution in [2.75, 3.05) is 0 Å². The van der Waals surface area contributed by atoms with E-state index in [0.717, 1.165) is 35.4 Å². The van der Waals surface area contributed by atoms with Crippen LogP contribution in [0.4, 0.5) is 13.2 Å². The number of carbonyl (C=O) groups is 1. The Hall–Kier alpha value is -2.91. The summed E-state index contributed by atoms with van der Waals surface area (Å²) in [4.78, 5) is 19.7. The van der Waals surface area contributed by atoms with Crippen LogP contribution in [0.5, 0.6) is 0 Å². The third kappa shape index (κ3) is 2.73. The van der Waals surface area contributed by atoms with E-state index in [1.165, 1.54) is 4.68 Å². The summed E-state index contributed by atoms with van der Waals surface area (Å²) in [6, 6.07) is 1.83. The molecule has 2 aliphatic heterocycles. The van der Waals surface area contributed by atoms with Crippen LogP contribution in [0.15, 0.2) is 12.3 Å². The molecule has 162 valence electrons. The minimum atomic E-state index is -4.50. The van der Waals surface area contributed by atoms with Gasteiger partial charge in [0.25, 0.3) is 0 Å². The van der Waals surface area contributed by atoms with E-state index in [2.05, 4.69) is 15.2 Å². The highest BCUT2D eigenvalue weighted by molar-refractivity contribution is 5.78. The van der Waals surface area contributed by atoms with Gasteiger partial charge in [-0.1, -0.05) is 0 Å². The van der Waals surface area contributed by atoms with Crippen molar-refractivity contribution in [3.05, 3.63) is 46.2 Å². The first-order chi connectivity index (χ1) is 14.8. The first kappa shape index (κ1) is 18.8. The fourth-order valence-corrected chi connectivity index (χ4v) is 5.66. The van der Waals surface area contributed by atoms with Crippen molar-refractivity contribution in [1.82, 2.24) is 29.3 Å². The highest BCUT2D eigenvalue weighted by Crippen LogP contribution is 2.44. The molecular weight excluding hydrogens is 409 g/mol. The number of nitrogens with zero attached hydrogens (tertiary/aromatic N) is 6. The number of hydrogen-bond acceptors (Lipinski definition) is 4.